The Morgan fingerprint density at radius 3 is 1.92 bits per heavy atom. The summed E-state index contributed by atoms with van der Waals surface area (Å²) in [5.41, 5.74) is 4.13. The molecule has 2 N–H and O–H groups in total. The van der Waals surface area contributed by atoms with Crippen LogP contribution in [0.4, 0.5) is 14.5 Å². The monoisotopic (exact) mass is 696 g/mol. The van der Waals surface area contributed by atoms with Crippen molar-refractivity contribution < 1.29 is 31.1 Å². The van der Waals surface area contributed by atoms with Gasteiger partial charge in [0.15, 0.2) is 8.32 Å². The summed E-state index contributed by atoms with van der Waals surface area (Å²) in [6.07, 6.45) is 1.36. The van der Waals surface area contributed by atoms with E-state index in [-0.39, 0.29) is 18.4 Å². The second kappa shape index (κ2) is 17.6. The van der Waals surface area contributed by atoms with Crippen molar-refractivity contribution in [3.63, 3.8) is 0 Å². The zero-order valence-electron chi connectivity index (χ0n) is 28.0. The van der Waals surface area contributed by atoms with E-state index in [1.165, 1.54) is 0 Å². The van der Waals surface area contributed by atoms with E-state index in [1.54, 1.807) is 36.4 Å². The van der Waals surface area contributed by atoms with Crippen LogP contribution < -0.4 is 19.5 Å². The van der Waals surface area contributed by atoms with Crippen LogP contribution in [0.2, 0.25) is 18.1 Å². The van der Waals surface area contributed by atoms with Crippen LogP contribution in [0.5, 0.6) is 11.5 Å². The minimum Gasteiger partial charge on any atom is -0.487 e. The molecule has 2 atom stereocenters. The van der Waals surface area contributed by atoms with Crippen LogP contribution in [0.15, 0.2) is 103 Å². The molecule has 0 saturated carbocycles. The molecule has 0 spiro atoms. The first-order valence-corrected chi connectivity index (χ1v) is 20.7. The summed E-state index contributed by atoms with van der Waals surface area (Å²) < 4.78 is 71.0. The summed E-state index contributed by atoms with van der Waals surface area (Å²) in [5, 5.41) is 3.71. The van der Waals surface area contributed by atoms with Gasteiger partial charge in [-0.15, -0.1) is 0 Å². The summed E-state index contributed by atoms with van der Waals surface area (Å²) in [5.74, 6) is 0.510. The maximum atomic E-state index is 12.8. The standard InChI is InChI=1S/C37H46F2N2O5SSi/c1-5-48(6-2,7-3)46-36(31-20-23-35(34(25-31)41-47(4,42)43)44-27-29-16-12-9-13-17-29)26-40-33(24-28-14-10-8-11-15-28)30-18-21-32(22-19-30)45-37(38)39/h8-23,25,33,36-37,40-41H,5-7,24,26-27H2,1-4H3/t33-,36-/m0/s1. The smallest absolute Gasteiger partial charge is 0.387 e. The van der Waals surface area contributed by atoms with Crippen molar-refractivity contribution in [2.24, 2.45) is 0 Å². The highest BCUT2D eigenvalue weighted by Crippen LogP contribution is 2.35. The maximum Gasteiger partial charge on any atom is 0.387 e. The van der Waals surface area contributed by atoms with Gasteiger partial charge < -0.3 is 19.2 Å². The lowest BCUT2D eigenvalue weighted by Gasteiger charge is -2.35. The summed E-state index contributed by atoms with van der Waals surface area (Å²) in [4.78, 5) is 0. The fourth-order valence-corrected chi connectivity index (χ4v) is 9.09. The molecule has 0 aliphatic carbocycles. The summed E-state index contributed by atoms with van der Waals surface area (Å²) >= 11 is 0. The van der Waals surface area contributed by atoms with E-state index in [9.17, 15) is 17.2 Å². The van der Waals surface area contributed by atoms with E-state index < -0.39 is 31.1 Å². The molecule has 0 bridgehead atoms. The molecule has 4 aromatic rings. The summed E-state index contributed by atoms with van der Waals surface area (Å²) in [7, 11) is -5.76. The third-order valence-corrected chi connectivity index (χ3v) is 13.8. The largest absolute Gasteiger partial charge is 0.487 e. The number of hydrogen-bond acceptors (Lipinski definition) is 6. The number of anilines is 1. The highest BCUT2D eigenvalue weighted by atomic mass is 32.2. The molecule has 11 heteroatoms. The van der Waals surface area contributed by atoms with Crippen molar-refractivity contribution in [1.29, 1.82) is 0 Å². The Hall–Kier alpha value is -3.77. The summed E-state index contributed by atoms with van der Waals surface area (Å²) in [6, 6.07) is 34.6. The number of benzene rings is 4. The van der Waals surface area contributed by atoms with Gasteiger partial charge >= 0.3 is 6.61 Å². The van der Waals surface area contributed by atoms with Gasteiger partial charge in [0, 0.05) is 12.6 Å². The van der Waals surface area contributed by atoms with E-state index >= 15 is 0 Å². The van der Waals surface area contributed by atoms with Gasteiger partial charge in [-0.25, -0.2) is 8.42 Å². The second-order valence-corrected chi connectivity index (χ2v) is 18.3. The van der Waals surface area contributed by atoms with Crippen molar-refractivity contribution in [3.8, 4) is 11.5 Å². The van der Waals surface area contributed by atoms with Crippen LogP contribution in [-0.2, 0) is 27.5 Å². The molecular weight excluding hydrogens is 651 g/mol. The number of halogens is 2. The highest BCUT2D eigenvalue weighted by molar-refractivity contribution is 7.92. The predicted octanol–water partition coefficient (Wildman–Crippen LogP) is 8.88. The first-order valence-electron chi connectivity index (χ1n) is 16.3. The van der Waals surface area contributed by atoms with Gasteiger partial charge in [0.1, 0.15) is 18.1 Å². The van der Waals surface area contributed by atoms with Gasteiger partial charge in [-0.3, -0.25) is 4.72 Å². The lowest BCUT2D eigenvalue weighted by molar-refractivity contribution is -0.0498. The molecule has 0 amide bonds. The molecule has 0 aliphatic rings. The Morgan fingerprint density at radius 2 is 1.35 bits per heavy atom. The predicted molar refractivity (Wildman–Crippen MR) is 191 cm³/mol. The Balaban J connectivity index is 1.68. The molecule has 0 heterocycles. The lowest BCUT2D eigenvalue weighted by Crippen LogP contribution is -2.40. The first kappa shape index (κ1) is 37.1. The number of alkyl halides is 2. The van der Waals surface area contributed by atoms with E-state index in [0.717, 1.165) is 46.6 Å². The van der Waals surface area contributed by atoms with Crippen LogP contribution in [-0.4, -0.2) is 36.1 Å². The normalized spacial score (nSPS) is 13.2. The highest BCUT2D eigenvalue weighted by Gasteiger charge is 2.33. The molecule has 7 nitrogen and oxygen atoms in total. The topological polar surface area (TPSA) is 85.9 Å². The Kier molecular flexibility index (Phi) is 13.6. The van der Waals surface area contributed by atoms with Crippen molar-refractivity contribution in [1.82, 2.24) is 5.32 Å². The van der Waals surface area contributed by atoms with Gasteiger partial charge in [0.2, 0.25) is 10.0 Å². The number of rotatable bonds is 19. The molecule has 48 heavy (non-hydrogen) atoms. The molecule has 4 rings (SSSR count). The van der Waals surface area contributed by atoms with Crippen LogP contribution in [0.3, 0.4) is 0 Å². The van der Waals surface area contributed by atoms with E-state index in [2.05, 4.69) is 47.7 Å². The fraction of sp³-hybridized carbons (Fsp3) is 0.351. The number of sulfonamides is 1. The number of nitrogens with one attached hydrogen (secondary N) is 2. The molecule has 0 radical (unpaired) electrons. The van der Waals surface area contributed by atoms with E-state index in [4.69, 9.17) is 9.16 Å². The number of ether oxygens (including phenoxy) is 2. The van der Waals surface area contributed by atoms with Crippen LogP contribution >= 0.6 is 0 Å². The third-order valence-electron chi connectivity index (χ3n) is 8.57. The van der Waals surface area contributed by atoms with Crippen molar-refractivity contribution >= 4 is 24.0 Å². The van der Waals surface area contributed by atoms with Crippen molar-refractivity contribution in [3.05, 3.63) is 125 Å². The van der Waals surface area contributed by atoms with Crippen molar-refractivity contribution in [2.75, 3.05) is 17.5 Å². The Labute approximate surface area is 284 Å². The lowest BCUT2D eigenvalue weighted by atomic mass is 9.98. The quantitative estimate of drug-likeness (QED) is 0.0953. The maximum absolute atomic E-state index is 12.8. The van der Waals surface area contributed by atoms with Gasteiger partial charge in [-0.2, -0.15) is 8.78 Å². The summed E-state index contributed by atoms with van der Waals surface area (Å²) in [6.45, 7) is 4.31. The molecule has 0 aromatic heterocycles. The Morgan fingerprint density at radius 1 is 0.771 bits per heavy atom. The molecule has 4 aromatic carbocycles. The van der Waals surface area contributed by atoms with Crippen LogP contribution in [0.1, 0.15) is 55.2 Å². The molecule has 0 unspecified atom stereocenters. The van der Waals surface area contributed by atoms with Crippen LogP contribution in [0, 0.1) is 0 Å². The molecule has 0 aliphatic heterocycles. The van der Waals surface area contributed by atoms with Crippen molar-refractivity contribution in [2.45, 2.75) is 70.7 Å². The van der Waals surface area contributed by atoms with Gasteiger partial charge in [-0.05, 0) is 71.1 Å². The fourth-order valence-electron chi connectivity index (χ4n) is 5.71. The van der Waals surface area contributed by atoms with E-state index in [1.807, 2.05) is 54.6 Å². The molecule has 0 saturated heterocycles. The van der Waals surface area contributed by atoms with Crippen LogP contribution in [0.25, 0.3) is 0 Å². The third kappa shape index (κ3) is 11.2. The zero-order chi connectivity index (χ0) is 34.6. The number of hydrogen-bond donors (Lipinski definition) is 2. The van der Waals surface area contributed by atoms with Gasteiger partial charge in [-0.1, -0.05) is 99.6 Å². The van der Waals surface area contributed by atoms with E-state index in [0.29, 0.717) is 24.4 Å². The average molecular weight is 697 g/mol. The zero-order valence-corrected chi connectivity index (χ0v) is 29.8. The molecular formula is C37H46F2N2O5SSi. The first-order chi connectivity index (χ1) is 23.0. The van der Waals surface area contributed by atoms with Gasteiger partial charge in [0.25, 0.3) is 0 Å². The Bertz CT molecular complexity index is 1650. The SMILES string of the molecule is CC[Si](CC)(CC)O[C@@H](CN[C@@H](Cc1ccccc1)c1ccc(OC(F)F)cc1)c1ccc(OCc2ccccc2)c(NS(C)(=O)=O)c1. The average Bonchev–Trinajstić information content (AvgIpc) is 3.08. The molecule has 258 valence electrons. The molecule has 0 fully saturated rings. The minimum atomic E-state index is -3.62. The second-order valence-electron chi connectivity index (χ2n) is 11.9. The minimum absolute atomic E-state index is 0.0959. The van der Waals surface area contributed by atoms with Gasteiger partial charge in [0.05, 0.1) is 18.0 Å².